The predicted octanol–water partition coefficient (Wildman–Crippen LogP) is 0.175. The Morgan fingerprint density at radius 3 is 2.38 bits per heavy atom. The van der Waals surface area contributed by atoms with Crippen molar-refractivity contribution >= 4 is 15.7 Å². The summed E-state index contributed by atoms with van der Waals surface area (Å²) in [4.78, 5) is 36.4. The van der Waals surface area contributed by atoms with E-state index in [1.54, 1.807) is 13.8 Å². The zero-order chi connectivity index (χ0) is 16.4. The first-order valence-electron chi connectivity index (χ1n) is 6.62. The van der Waals surface area contributed by atoms with Gasteiger partial charge in [0.1, 0.15) is 6.54 Å². The van der Waals surface area contributed by atoms with Crippen LogP contribution in [0.4, 0.5) is 0 Å². The number of H-pyrrole nitrogens is 1. The summed E-state index contributed by atoms with van der Waals surface area (Å²) in [6.07, 6.45) is 1.27. The largest absolute Gasteiger partial charge is 0.480 e. The number of hydrogen-bond acceptors (Lipinski definition) is 4. The van der Waals surface area contributed by atoms with E-state index in [0.29, 0.717) is 0 Å². The molecule has 0 saturated carbocycles. The molecule has 0 saturated heterocycles. The fourth-order valence-electron chi connectivity index (χ4n) is 1.68. The highest BCUT2D eigenvalue weighted by Crippen LogP contribution is 2.27. The normalized spacial score (nSPS) is 13.0. The Bertz CT molecular complexity index is 639. The summed E-state index contributed by atoms with van der Waals surface area (Å²) >= 11 is 0. The van der Waals surface area contributed by atoms with Crippen LogP contribution in [0.3, 0.4) is 0 Å². The van der Waals surface area contributed by atoms with Crippen molar-refractivity contribution in [2.45, 2.75) is 51.8 Å². The molecule has 1 aromatic rings. The van der Waals surface area contributed by atoms with Gasteiger partial charge in [-0.25, -0.2) is 4.79 Å². The molecule has 0 aliphatic carbocycles. The molecule has 7 nitrogen and oxygen atoms in total. The maximum Gasteiger partial charge on any atom is 0.328 e. The van der Waals surface area contributed by atoms with Crippen LogP contribution in [-0.4, -0.2) is 30.4 Å². The second-order valence-corrected chi connectivity index (χ2v) is 9.38. The number of nitrogens with one attached hydrogen (secondary N) is 1. The average Bonchev–Trinajstić information content (AvgIpc) is 2.28. The van der Waals surface area contributed by atoms with E-state index in [1.807, 2.05) is 0 Å². The maximum atomic E-state index is 12.0. The Hall–Kier alpha value is -1.67. The lowest BCUT2D eigenvalue weighted by Gasteiger charge is -2.29. The van der Waals surface area contributed by atoms with Gasteiger partial charge < -0.3 is 9.53 Å². The van der Waals surface area contributed by atoms with Gasteiger partial charge >= 0.3 is 11.7 Å². The number of aliphatic carboxylic acids is 1. The van der Waals surface area contributed by atoms with E-state index in [2.05, 4.69) is 25.8 Å². The van der Waals surface area contributed by atoms with Crippen LogP contribution in [-0.2, 0) is 21.4 Å². The number of carboxylic acid groups (broad SMARTS) is 1. The smallest absolute Gasteiger partial charge is 0.328 e. The van der Waals surface area contributed by atoms with Crippen molar-refractivity contribution in [1.29, 1.82) is 0 Å². The molecule has 0 radical (unpaired) electrons. The molecule has 0 bridgehead atoms. The van der Waals surface area contributed by atoms with Gasteiger partial charge in [-0.1, -0.05) is 20.8 Å². The molecule has 1 heterocycles. The van der Waals surface area contributed by atoms with Crippen LogP contribution in [0.1, 0.15) is 40.2 Å². The monoisotopic (exact) mass is 314 g/mol. The Labute approximate surface area is 124 Å². The Balaban J connectivity index is 3.19. The Kier molecular flexibility index (Phi) is 4.95. The standard InChI is InChI=1S/C13H22N2O5Si/c1-12(2,3)21-20-13(4,5)8-6-15(7-9(16)17)11(19)14-10(8)18/h6H,7,21H2,1-5H3,(H,16,17)(H,14,18,19). The quantitative estimate of drug-likeness (QED) is 0.755. The first-order valence-corrected chi connectivity index (χ1v) is 7.91. The number of carboxylic acids is 1. The van der Waals surface area contributed by atoms with Crippen molar-refractivity contribution in [1.82, 2.24) is 9.55 Å². The highest BCUT2D eigenvalue weighted by molar-refractivity contribution is 6.31. The molecule has 0 fully saturated rings. The Morgan fingerprint density at radius 1 is 1.33 bits per heavy atom. The fraction of sp³-hybridized carbons (Fsp3) is 0.615. The molecule has 1 rings (SSSR count). The number of nitrogens with zero attached hydrogens (tertiary/aromatic N) is 1. The molecule has 0 aliphatic rings. The lowest BCUT2D eigenvalue weighted by molar-refractivity contribution is -0.137. The molecule has 0 unspecified atom stereocenters. The highest BCUT2D eigenvalue weighted by Gasteiger charge is 2.28. The summed E-state index contributed by atoms with van der Waals surface area (Å²) < 4.78 is 6.88. The molecule has 0 aliphatic heterocycles. The van der Waals surface area contributed by atoms with Crippen molar-refractivity contribution in [2.24, 2.45) is 0 Å². The number of aromatic nitrogens is 2. The summed E-state index contributed by atoms with van der Waals surface area (Å²) in [5.74, 6) is -1.15. The van der Waals surface area contributed by atoms with Gasteiger partial charge in [0.25, 0.3) is 5.56 Å². The van der Waals surface area contributed by atoms with Gasteiger partial charge in [-0.2, -0.15) is 0 Å². The van der Waals surface area contributed by atoms with E-state index in [1.165, 1.54) is 6.20 Å². The molecule has 21 heavy (non-hydrogen) atoms. The molecular weight excluding hydrogens is 292 g/mol. The highest BCUT2D eigenvalue weighted by atomic mass is 28.2. The van der Waals surface area contributed by atoms with Gasteiger partial charge in [0.05, 0.1) is 11.2 Å². The zero-order valence-electron chi connectivity index (χ0n) is 13.0. The number of rotatable bonds is 5. The lowest BCUT2D eigenvalue weighted by atomic mass is 10.0. The third-order valence-electron chi connectivity index (χ3n) is 2.83. The predicted molar refractivity (Wildman–Crippen MR) is 81.3 cm³/mol. The van der Waals surface area contributed by atoms with E-state index < -0.39 is 39.1 Å². The molecule has 0 spiro atoms. The van der Waals surface area contributed by atoms with Gasteiger partial charge in [0, 0.05) is 6.20 Å². The summed E-state index contributed by atoms with van der Waals surface area (Å²) in [5, 5.41) is 8.84. The summed E-state index contributed by atoms with van der Waals surface area (Å²) in [5.41, 5.74) is -1.91. The molecular formula is C13H22N2O5Si. The molecule has 2 N–H and O–H groups in total. The van der Waals surface area contributed by atoms with Gasteiger partial charge in [0.15, 0.2) is 9.76 Å². The third kappa shape index (κ3) is 4.98. The number of carbonyl (C=O) groups is 1. The number of aromatic amines is 1. The van der Waals surface area contributed by atoms with Crippen LogP contribution >= 0.6 is 0 Å². The molecule has 118 valence electrons. The van der Waals surface area contributed by atoms with E-state index in [-0.39, 0.29) is 10.6 Å². The van der Waals surface area contributed by atoms with Crippen molar-refractivity contribution in [2.75, 3.05) is 0 Å². The van der Waals surface area contributed by atoms with Crippen LogP contribution < -0.4 is 11.2 Å². The van der Waals surface area contributed by atoms with Gasteiger partial charge in [-0.3, -0.25) is 19.1 Å². The molecule has 0 aromatic carbocycles. The second kappa shape index (κ2) is 5.98. The zero-order valence-corrected chi connectivity index (χ0v) is 14.4. The first kappa shape index (κ1) is 17.4. The van der Waals surface area contributed by atoms with Crippen molar-refractivity contribution in [3.63, 3.8) is 0 Å². The van der Waals surface area contributed by atoms with Crippen LogP contribution in [0, 0.1) is 0 Å². The van der Waals surface area contributed by atoms with E-state index in [9.17, 15) is 14.4 Å². The van der Waals surface area contributed by atoms with Gasteiger partial charge in [-0.15, -0.1) is 0 Å². The molecule has 0 amide bonds. The minimum absolute atomic E-state index is 0.0551. The molecule has 1 aromatic heterocycles. The minimum Gasteiger partial charge on any atom is -0.480 e. The van der Waals surface area contributed by atoms with E-state index in [4.69, 9.17) is 9.53 Å². The van der Waals surface area contributed by atoms with E-state index in [0.717, 1.165) is 4.57 Å². The van der Waals surface area contributed by atoms with Crippen LogP contribution in [0.15, 0.2) is 15.8 Å². The SMILES string of the molecule is CC(C)(C)[SiH2]OC(C)(C)c1cn(CC(=O)O)c(=O)[nH]c1=O. The summed E-state index contributed by atoms with van der Waals surface area (Å²) in [6.45, 7) is 9.16. The number of hydrogen-bond donors (Lipinski definition) is 2. The van der Waals surface area contributed by atoms with Crippen LogP contribution in [0.5, 0.6) is 0 Å². The molecule has 8 heteroatoms. The maximum absolute atomic E-state index is 12.0. The summed E-state index contributed by atoms with van der Waals surface area (Å²) in [6, 6.07) is 0. The third-order valence-corrected chi connectivity index (χ3v) is 4.56. The second-order valence-electron chi connectivity index (χ2n) is 6.68. The van der Waals surface area contributed by atoms with Crippen LogP contribution in [0.25, 0.3) is 0 Å². The van der Waals surface area contributed by atoms with Crippen molar-refractivity contribution < 1.29 is 14.3 Å². The molecule has 0 atom stereocenters. The topological polar surface area (TPSA) is 101 Å². The Morgan fingerprint density at radius 2 is 1.90 bits per heavy atom. The first-order chi connectivity index (χ1) is 9.42. The minimum atomic E-state index is -1.15. The van der Waals surface area contributed by atoms with Crippen LogP contribution in [0.2, 0.25) is 5.04 Å². The average molecular weight is 314 g/mol. The fourth-order valence-corrected chi connectivity index (χ4v) is 2.63. The van der Waals surface area contributed by atoms with Gasteiger partial charge in [-0.05, 0) is 18.9 Å². The lowest BCUT2D eigenvalue weighted by Crippen LogP contribution is -2.39. The van der Waals surface area contributed by atoms with Gasteiger partial charge in [0.2, 0.25) is 0 Å². The van der Waals surface area contributed by atoms with Crippen molar-refractivity contribution in [3.05, 3.63) is 32.6 Å². The van der Waals surface area contributed by atoms with E-state index >= 15 is 0 Å². The summed E-state index contributed by atoms with van der Waals surface area (Å²) in [7, 11) is -0.915. The van der Waals surface area contributed by atoms with Crippen molar-refractivity contribution in [3.8, 4) is 0 Å².